The number of hydrogen-bond acceptors (Lipinski definition) is 2. The van der Waals surface area contributed by atoms with E-state index in [1.807, 2.05) is 0 Å². The molecule has 13 heavy (non-hydrogen) atoms. The first-order chi connectivity index (χ1) is 6.35. The Balaban J connectivity index is 0. The van der Waals surface area contributed by atoms with Crippen molar-refractivity contribution in [3.05, 3.63) is 0 Å². The van der Waals surface area contributed by atoms with Crippen LogP contribution in [0.4, 0.5) is 0 Å². The van der Waals surface area contributed by atoms with Crippen molar-refractivity contribution in [1.29, 1.82) is 0 Å². The molecular weight excluding hydrogens is 162 g/mol. The number of unbranched alkanes of at least 4 members (excludes halogenated alkanes) is 2. The molecule has 2 nitrogen and oxygen atoms in total. The second kappa shape index (κ2) is 14.4. The Labute approximate surface area is 83.9 Å². The van der Waals surface area contributed by atoms with Crippen LogP contribution in [0.25, 0.3) is 0 Å². The molecule has 2 heteroatoms. The van der Waals surface area contributed by atoms with Crippen LogP contribution in [0.3, 0.4) is 0 Å². The molecule has 0 aromatic carbocycles. The van der Waals surface area contributed by atoms with Crippen molar-refractivity contribution in [3.8, 4) is 0 Å². The van der Waals surface area contributed by atoms with Crippen LogP contribution in [-0.2, 0) is 0 Å². The summed E-state index contributed by atoms with van der Waals surface area (Å²) < 4.78 is 0. The van der Waals surface area contributed by atoms with Crippen LogP contribution in [-0.4, -0.2) is 36.8 Å². The van der Waals surface area contributed by atoms with Crippen molar-refractivity contribution >= 4 is 0 Å². The van der Waals surface area contributed by atoms with Crippen LogP contribution < -0.4 is 0 Å². The number of hydrogen-bond donors (Lipinski definition) is 1. The van der Waals surface area contributed by atoms with E-state index in [1.165, 1.54) is 45.3 Å². The fraction of sp³-hybridized carbons (Fsp3) is 1.00. The molecule has 0 bridgehead atoms. The van der Waals surface area contributed by atoms with E-state index < -0.39 is 0 Å². The van der Waals surface area contributed by atoms with Gasteiger partial charge in [0, 0.05) is 7.11 Å². The molecule has 0 amide bonds. The van der Waals surface area contributed by atoms with Gasteiger partial charge in [0.15, 0.2) is 0 Å². The summed E-state index contributed by atoms with van der Waals surface area (Å²) in [6.07, 6.45) is 5.40. The van der Waals surface area contributed by atoms with Crippen molar-refractivity contribution in [2.75, 3.05) is 26.7 Å². The van der Waals surface area contributed by atoms with Gasteiger partial charge in [0.1, 0.15) is 0 Å². The molecule has 0 radical (unpaired) electrons. The topological polar surface area (TPSA) is 23.5 Å². The summed E-state index contributed by atoms with van der Waals surface area (Å²) in [5.74, 6) is 0. The van der Waals surface area contributed by atoms with Crippen LogP contribution in [0.2, 0.25) is 0 Å². The van der Waals surface area contributed by atoms with Gasteiger partial charge in [-0.05, 0) is 32.5 Å². The smallest absolute Gasteiger partial charge is 0.0319 e. The van der Waals surface area contributed by atoms with E-state index in [-0.39, 0.29) is 0 Å². The van der Waals surface area contributed by atoms with E-state index in [4.69, 9.17) is 5.11 Å². The predicted molar refractivity (Wildman–Crippen MR) is 60.1 cm³/mol. The monoisotopic (exact) mass is 189 g/mol. The van der Waals surface area contributed by atoms with Gasteiger partial charge in [0.25, 0.3) is 0 Å². The fourth-order valence-electron chi connectivity index (χ4n) is 1.33. The molecular formula is C11H27NO. The highest BCUT2D eigenvalue weighted by atomic mass is 16.2. The first-order valence-corrected chi connectivity index (χ1v) is 5.52. The average Bonchev–Trinajstić information content (AvgIpc) is 2.20. The second-order valence-electron chi connectivity index (χ2n) is 3.14. The van der Waals surface area contributed by atoms with Gasteiger partial charge in [0.2, 0.25) is 0 Å². The summed E-state index contributed by atoms with van der Waals surface area (Å²) in [5, 5.41) is 7.00. The molecule has 1 N–H and O–H groups in total. The van der Waals surface area contributed by atoms with Crippen molar-refractivity contribution in [2.24, 2.45) is 0 Å². The van der Waals surface area contributed by atoms with Gasteiger partial charge >= 0.3 is 0 Å². The van der Waals surface area contributed by atoms with Gasteiger partial charge in [-0.3, -0.25) is 0 Å². The highest BCUT2D eigenvalue weighted by Crippen LogP contribution is 1.98. The highest BCUT2D eigenvalue weighted by Gasteiger charge is 1.98. The molecule has 0 unspecified atom stereocenters. The first kappa shape index (κ1) is 15.4. The van der Waals surface area contributed by atoms with Crippen molar-refractivity contribution < 1.29 is 5.11 Å². The van der Waals surface area contributed by atoms with Crippen LogP contribution in [0.15, 0.2) is 0 Å². The molecule has 0 rings (SSSR count). The normalized spacial score (nSPS) is 9.69. The molecule has 0 aromatic heterocycles. The molecule has 0 saturated carbocycles. The number of aliphatic hydroxyl groups excluding tert-OH is 1. The maximum atomic E-state index is 7.00. The van der Waals surface area contributed by atoms with Crippen LogP contribution in [0.5, 0.6) is 0 Å². The van der Waals surface area contributed by atoms with E-state index in [1.54, 1.807) is 0 Å². The van der Waals surface area contributed by atoms with Crippen molar-refractivity contribution in [3.63, 3.8) is 0 Å². The Bertz CT molecular complexity index is 76.5. The second-order valence-corrected chi connectivity index (χ2v) is 3.14. The van der Waals surface area contributed by atoms with Gasteiger partial charge in [-0.1, -0.05) is 33.6 Å². The Morgan fingerprint density at radius 1 is 0.846 bits per heavy atom. The Morgan fingerprint density at radius 2 is 1.46 bits per heavy atom. The fourth-order valence-corrected chi connectivity index (χ4v) is 1.33. The highest BCUT2D eigenvalue weighted by molar-refractivity contribution is 4.53. The lowest BCUT2D eigenvalue weighted by Gasteiger charge is -2.18. The molecule has 82 valence electrons. The average molecular weight is 189 g/mol. The molecule has 0 atom stereocenters. The van der Waals surface area contributed by atoms with E-state index in [0.717, 1.165) is 7.11 Å². The summed E-state index contributed by atoms with van der Waals surface area (Å²) in [4.78, 5) is 2.54. The zero-order valence-electron chi connectivity index (χ0n) is 9.84. The van der Waals surface area contributed by atoms with E-state index in [9.17, 15) is 0 Å². The van der Waals surface area contributed by atoms with Crippen molar-refractivity contribution in [2.45, 2.75) is 46.5 Å². The minimum absolute atomic E-state index is 1.00. The minimum atomic E-state index is 1.00. The molecule has 0 spiro atoms. The predicted octanol–water partition coefficient (Wildman–Crippen LogP) is 2.52. The Kier molecular flexibility index (Phi) is 17.1. The molecule has 0 fully saturated rings. The lowest BCUT2D eigenvalue weighted by molar-refractivity contribution is 0.282. The summed E-state index contributed by atoms with van der Waals surface area (Å²) in [6.45, 7) is 10.6. The summed E-state index contributed by atoms with van der Waals surface area (Å²) >= 11 is 0. The third-order valence-corrected chi connectivity index (χ3v) is 2.06. The van der Waals surface area contributed by atoms with E-state index in [2.05, 4.69) is 25.7 Å². The zero-order valence-corrected chi connectivity index (χ0v) is 9.84. The summed E-state index contributed by atoms with van der Waals surface area (Å²) in [7, 11) is 1.00. The number of aliphatic hydroxyl groups is 1. The van der Waals surface area contributed by atoms with Gasteiger partial charge in [-0.15, -0.1) is 0 Å². The third kappa shape index (κ3) is 11.9. The Hall–Kier alpha value is -0.0800. The SMILES string of the molecule is CCCCCN(CC)CCC.CO. The Morgan fingerprint density at radius 3 is 1.85 bits per heavy atom. The number of rotatable bonds is 7. The molecule has 0 saturated heterocycles. The maximum absolute atomic E-state index is 7.00. The minimum Gasteiger partial charge on any atom is -0.400 e. The van der Waals surface area contributed by atoms with E-state index >= 15 is 0 Å². The third-order valence-electron chi connectivity index (χ3n) is 2.06. The number of nitrogens with zero attached hydrogens (tertiary/aromatic N) is 1. The lowest BCUT2D eigenvalue weighted by atomic mass is 10.2. The summed E-state index contributed by atoms with van der Waals surface area (Å²) in [5.41, 5.74) is 0. The zero-order chi connectivity index (χ0) is 10.5. The van der Waals surface area contributed by atoms with Crippen LogP contribution in [0.1, 0.15) is 46.5 Å². The molecule has 0 heterocycles. The van der Waals surface area contributed by atoms with Crippen LogP contribution >= 0.6 is 0 Å². The quantitative estimate of drug-likeness (QED) is 0.622. The van der Waals surface area contributed by atoms with Crippen molar-refractivity contribution in [1.82, 2.24) is 4.90 Å². The maximum Gasteiger partial charge on any atom is 0.0319 e. The molecule has 0 aromatic rings. The van der Waals surface area contributed by atoms with Gasteiger partial charge < -0.3 is 10.0 Å². The molecule has 0 aliphatic rings. The molecule has 0 aliphatic carbocycles. The van der Waals surface area contributed by atoms with Crippen LogP contribution in [0, 0.1) is 0 Å². The summed E-state index contributed by atoms with van der Waals surface area (Å²) in [6, 6.07) is 0. The van der Waals surface area contributed by atoms with E-state index in [0.29, 0.717) is 0 Å². The first-order valence-electron chi connectivity index (χ1n) is 5.52. The standard InChI is InChI=1S/C10H23N.CH4O/c1-4-7-8-10-11(6-3)9-5-2;1-2/h4-10H2,1-3H3;2H,1H3. The van der Waals surface area contributed by atoms with Gasteiger partial charge in [-0.2, -0.15) is 0 Å². The largest absolute Gasteiger partial charge is 0.400 e. The van der Waals surface area contributed by atoms with Gasteiger partial charge in [-0.25, -0.2) is 0 Å². The van der Waals surface area contributed by atoms with Gasteiger partial charge in [0.05, 0.1) is 0 Å². The lowest BCUT2D eigenvalue weighted by Crippen LogP contribution is -2.25. The molecule has 0 aliphatic heterocycles.